The molecule has 1 amide bonds. The predicted octanol–water partition coefficient (Wildman–Crippen LogP) is 4.22. The van der Waals surface area contributed by atoms with Crippen molar-refractivity contribution in [2.45, 2.75) is 5.75 Å². The van der Waals surface area contributed by atoms with Crippen LogP contribution in [-0.2, 0) is 10.5 Å². The van der Waals surface area contributed by atoms with Gasteiger partial charge in [0.25, 0.3) is 0 Å². The van der Waals surface area contributed by atoms with Crippen molar-refractivity contribution in [3.8, 4) is 10.6 Å². The van der Waals surface area contributed by atoms with Crippen molar-refractivity contribution >= 4 is 34.1 Å². The van der Waals surface area contributed by atoms with E-state index in [1.807, 2.05) is 30.3 Å². The molecule has 0 saturated heterocycles. The van der Waals surface area contributed by atoms with Crippen molar-refractivity contribution in [1.82, 2.24) is 10.2 Å². The Morgan fingerprint density at radius 3 is 2.62 bits per heavy atom. The molecule has 0 radical (unpaired) electrons. The Kier molecular flexibility index (Phi) is 5.55. The van der Waals surface area contributed by atoms with E-state index in [1.54, 1.807) is 18.2 Å². The Bertz CT molecular complexity index is 823. The quantitative estimate of drug-likeness (QED) is 0.716. The van der Waals surface area contributed by atoms with Crippen molar-refractivity contribution < 1.29 is 9.18 Å². The molecular formula is C17H14FN3OS2. The van der Waals surface area contributed by atoms with Gasteiger partial charge in [0.1, 0.15) is 10.8 Å². The number of benzene rings is 2. The number of anilines is 1. The molecule has 0 saturated carbocycles. The van der Waals surface area contributed by atoms with Gasteiger partial charge in [0.2, 0.25) is 11.0 Å². The van der Waals surface area contributed by atoms with Gasteiger partial charge in [0.05, 0.1) is 5.75 Å². The Labute approximate surface area is 147 Å². The summed E-state index contributed by atoms with van der Waals surface area (Å²) >= 11 is 2.68. The van der Waals surface area contributed by atoms with Gasteiger partial charge >= 0.3 is 0 Å². The van der Waals surface area contributed by atoms with Crippen LogP contribution < -0.4 is 5.32 Å². The summed E-state index contributed by atoms with van der Waals surface area (Å²) in [5.74, 6) is 0.259. The first-order valence-corrected chi connectivity index (χ1v) is 9.19. The molecule has 0 aliphatic rings. The van der Waals surface area contributed by atoms with Crippen molar-refractivity contribution in [3.05, 3.63) is 66.0 Å². The lowest BCUT2D eigenvalue weighted by atomic mass is 10.2. The summed E-state index contributed by atoms with van der Waals surface area (Å²) in [6.45, 7) is 0. The van der Waals surface area contributed by atoms with Crippen LogP contribution in [-0.4, -0.2) is 21.9 Å². The van der Waals surface area contributed by atoms with E-state index in [-0.39, 0.29) is 17.5 Å². The van der Waals surface area contributed by atoms with Gasteiger partial charge in [-0.3, -0.25) is 10.1 Å². The molecule has 24 heavy (non-hydrogen) atoms. The molecule has 0 aliphatic heterocycles. The van der Waals surface area contributed by atoms with E-state index in [2.05, 4.69) is 15.5 Å². The van der Waals surface area contributed by atoms with Gasteiger partial charge in [-0.2, -0.15) is 0 Å². The monoisotopic (exact) mass is 359 g/mol. The summed E-state index contributed by atoms with van der Waals surface area (Å²) in [7, 11) is 0. The van der Waals surface area contributed by atoms with E-state index in [9.17, 15) is 9.18 Å². The van der Waals surface area contributed by atoms with Gasteiger partial charge in [-0.25, -0.2) is 4.39 Å². The minimum Gasteiger partial charge on any atom is -0.300 e. The number of amides is 1. The molecule has 1 aromatic heterocycles. The molecule has 1 heterocycles. The second-order valence-electron chi connectivity index (χ2n) is 4.91. The van der Waals surface area contributed by atoms with Crippen molar-refractivity contribution in [2.24, 2.45) is 0 Å². The number of carbonyl (C=O) groups is 1. The zero-order chi connectivity index (χ0) is 16.8. The highest BCUT2D eigenvalue weighted by Gasteiger charge is 2.10. The van der Waals surface area contributed by atoms with E-state index < -0.39 is 0 Å². The average Bonchev–Trinajstić information content (AvgIpc) is 3.06. The normalized spacial score (nSPS) is 10.5. The minimum absolute atomic E-state index is 0.174. The Hall–Kier alpha value is -2.25. The van der Waals surface area contributed by atoms with Crippen molar-refractivity contribution in [1.29, 1.82) is 0 Å². The largest absolute Gasteiger partial charge is 0.300 e. The molecule has 0 unspecified atom stereocenters. The Morgan fingerprint density at radius 2 is 1.83 bits per heavy atom. The zero-order valence-corrected chi connectivity index (χ0v) is 14.2. The molecule has 0 atom stereocenters. The van der Waals surface area contributed by atoms with Gasteiger partial charge in [-0.05, 0) is 11.6 Å². The smallest absolute Gasteiger partial charge is 0.236 e. The molecule has 7 heteroatoms. The maximum absolute atomic E-state index is 13.5. The maximum Gasteiger partial charge on any atom is 0.236 e. The predicted molar refractivity (Wildman–Crippen MR) is 96.5 cm³/mol. The fraction of sp³-hybridized carbons (Fsp3) is 0.118. The number of rotatable bonds is 6. The third-order valence-electron chi connectivity index (χ3n) is 3.14. The first-order chi connectivity index (χ1) is 11.7. The van der Waals surface area contributed by atoms with Gasteiger partial charge in [0.15, 0.2) is 0 Å². The summed E-state index contributed by atoms with van der Waals surface area (Å²) in [5.41, 5.74) is 1.56. The third kappa shape index (κ3) is 4.39. The molecule has 3 aromatic rings. The topological polar surface area (TPSA) is 54.9 Å². The van der Waals surface area contributed by atoms with Crippen LogP contribution in [0.5, 0.6) is 0 Å². The number of hydrogen-bond donors (Lipinski definition) is 1. The van der Waals surface area contributed by atoms with Crippen LogP contribution >= 0.6 is 23.1 Å². The lowest BCUT2D eigenvalue weighted by molar-refractivity contribution is -0.113. The van der Waals surface area contributed by atoms with Gasteiger partial charge < -0.3 is 0 Å². The van der Waals surface area contributed by atoms with Crippen LogP contribution in [0, 0.1) is 5.82 Å². The summed E-state index contributed by atoms with van der Waals surface area (Å²) in [5, 5.41) is 12.0. The summed E-state index contributed by atoms with van der Waals surface area (Å²) < 4.78 is 13.5. The third-order valence-corrected chi connectivity index (χ3v) is 5.01. The molecule has 122 valence electrons. The van der Waals surface area contributed by atoms with Crippen molar-refractivity contribution in [3.63, 3.8) is 0 Å². The van der Waals surface area contributed by atoms with E-state index in [0.717, 1.165) is 10.6 Å². The fourth-order valence-corrected chi connectivity index (χ4v) is 3.57. The first-order valence-electron chi connectivity index (χ1n) is 7.22. The number of nitrogens with zero attached hydrogens (tertiary/aromatic N) is 2. The second-order valence-corrected chi connectivity index (χ2v) is 6.87. The molecule has 4 nitrogen and oxygen atoms in total. The van der Waals surface area contributed by atoms with Gasteiger partial charge in [0, 0.05) is 11.3 Å². The van der Waals surface area contributed by atoms with Crippen LogP contribution in [0.4, 0.5) is 9.52 Å². The molecule has 1 N–H and O–H groups in total. The highest BCUT2D eigenvalue weighted by Crippen LogP contribution is 2.26. The molecule has 0 spiro atoms. The van der Waals surface area contributed by atoms with Crippen LogP contribution in [0.15, 0.2) is 54.6 Å². The van der Waals surface area contributed by atoms with E-state index in [1.165, 1.54) is 29.2 Å². The maximum atomic E-state index is 13.5. The number of nitrogens with one attached hydrogen (secondary N) is 1. The average molecular weight is 359 g/mol. The molecule has 3 rings (SSSR count). The molecular weight excluding hydrogens is 345 g/mol. The highest BCUT2D eigenvalue weighted by molar-refractivity contribution is 7.99. The zero-order valence-electron chi connectivity index (χ0n) is 12.6. The van der Waals surface area contributed by atoms with Crippen LogP contribution in [0.2, 0.25) is 0 Å². The number of hydrogen-bond acceptors (Lipinski definition) is 5. The minimum atomic E-state index is -0.248. The number of halogens is 1. The van der Waals surface area contributed by atoms with Gasteiger partial charge in [-0.15, -0.1) is 22.0 Å². The lowest BCUT2D eigenvalue weighted by Gasteiger charge is -2.03. The summed E-state index contributed by atoms with van der Waals surface area (Å²) in [6, 6.07) is 16.2. The van der Waals surface area contributed by atoms with Crippen LogP contribution in [0.3, 0.4) is 0 Å². The standard InChI is InChI=1S/C17H14FN3OS2/c18-14-9-5-4-8-13(14)10-23-11-15(22)19-17-21-20-16(24-17)12-6-2-1-3-7-12/h1-9H,10-11H2,(H,19,21,22). The second kappa shape index (κ2) is 8.03. The fourth-order valence-electron chi connectivity index (χ4n) is 2.00. The SMILES string of the molecule is O=C(CSCc1ccccc1F)Nc1nnc(-c2ccccc2)s1. The Balaban J connectivity index is 1.51. The van der Waals surface area contributed by atoms with Gasteiger partial charge in [-0.1, -0.05) is 59.9 Å². The van der Waals surface area contributed by atoms with Crippen LogP contribution in [0.25, 0.3) is 10.6 Å². The lowest BCUT2D eigenvalue weighted by Crippen LogP contribution is -2.14. The Morgan fingerprint density at radius 1 is 1.08 bits per heavy atom. The molecule has 2 aromatic carbocycles. The number of thioether (sulfide) groups is 1. The number of aromatic nitrogens is 2. The van der Waals surface area contributed by atoms with E-state index >= 15 is 0 Å². The number of carbonyl (C=O) groups excluding carboxylic acids is 1. The van der Waals surface area contributed by atoms with E-state index in [0.29, 0.717) is 16.4 Å². The van der Waals surface area contributed by atoms with Crippen LogP contribution in [0.1, 0.15) is 5.56 Å². The highest BCUT2D eigenvalue weighted by atomic mass is 32.2. The summed E-state index contributed by atoms with van der Waals surface area (Å²) in [6.07, 6.45) is 0. The van der Waals surface area contributed by atoms with Crippen molar-refractivity contribution in [2.75, 3.05) is 11.1 Å². The van der Waals surface area contributed by atoms with E-state index in [4.69, 9.17) is 0 Å². The molecule has 0 fully saturated rings. The molecule has 0 bridgehead atoms. The summed E-state index contributed by atoms with van der Waals surface area (Å²) in [4.78, 5) is 11.9. The first kappa shape index (κ1) is 16.6. The molecule has 0 aliphatic carbocycles.